The van der Waals surface area contributed by atoms with Gasteiger partial charge in [-0.2, -0.15) is 0 Å². The Morgan fingerprint density at radius 3 is 2.66 bits per heavy atom. The van der Waals surface area contributed by atoms with Crippen molar-refractivity contribution >= 4 is 22.8 Å². The Labute approximate surface area is 185 Å². The average molecular weight is 435 g/mol. The summed E-state index contributed by atoms with van der Waals surface area (Å²) in [6.07, 6.45) is 2.18. The quantitative estimate of drug-likeness (QED) is 0.519. The fourth-order valence-electron chi connectivity index (χ4n) is 3.60. The summed E-state index contributed by atoms with van der Waals surface area (Å²) in [4.78, 5) is 41.7. The molecule has 1 N–H and O–H groups in total. The van der Waals surface area contributed by atoms with Crippen LogP contribution in [0.2, 0.25) is 0 Å². The van der Waals surface area contributed by atoms with Gasteiger partial charge in [0, 0.05) is 24.6 Å². The number of fused-ring (bicyclic) bond motifs is 1. The van der Waals surface area contributed by atoms with Crippen LogP contribution in [-0.4, -0.2) is 35.1 Å². The highest BCUT2D eigenvalue weighted by Gasteiger charge is 2.28. The molecule has 1 aromatic heterocycles. The van der Waals surface area contributed by atoms with Crippen molar-refractivity contribution in [3.63, 3.8) is 0 Å². The molecule has 2 aromatic carbocycles. The van der Waals surface area contributed by atoms with E-state index < -0.39 is 11.9 Å². The number of amides is 1. The molecule has 1 heterocycles. The SMILES string of the molecule is COc1ccccc1CNC(=O)COC(=O)CCc1nc2ccccc2c(=O)n1C1CC1. The number of carbonyl (C=O) groups excluding carboxylic acids is 2. The summed E-state index contributed by atoms with van der Waals surface area (Å²) >= 11 is 0. The Morgan fingerprint density at radius 2 is 1.88 bits per heavy atom. The number of aryl methyl sites for hydroxylation is 1. The fraction of sp³-hybridized carbons (Fsp3) is 0.333. The first kappa shape index (κ1) is 21.5. The molecule has 0 aliphatic heterocycles. The molecule has 0 atom stereocenters. The van der Waals surface area contributed by atoms with Gasteiger partial charge < -0.3 is 14.8 Å². The van der Waals surface area contributed by atoms with Gasteiger partial charge in [0.25, 0.3) is 11.5 Å². The van der Waals surface area contributed by atoms with Gasteiger partial charge in [0.05, 0.1) is 24.4 Å². The van der Waals surface area contributed by atoms with Crippen LogP contribution in [0.3, 0.4) is 0 Å². The molecule has 1 amide bonds. The number of nitrogens with zero attached hydrogens (tertiary/aromatic N) is 2. The third-order valence-electron chi connectivity index (χ3n) is 5.38. The molecular formula is C24H25N3O5. The van der Waals surface area contributed by atoms with E-state index in [9.17, 15) is 14.4 Å². The summed E-state index contributed by atoms with van der Waals surface area (Å²) in [7, 11) is 1.57. The van der Waals surface area contributed by atoms with Crippen LogP contribution in [-0.2, 0) is 27.3 Å². The summed E-state index contributed by atoms with van der Waals surface area (Å²) in [5.74, 6) is 0.341. The van der Waals surface area contributed by atoms with Crippen LogP contribution in [0.25, 0.3) is 10.9 Å². The number of carbonyl (C=O) groups is 2. The largest absolute Gasteiger partial charge is 0.496 e. The molecule has 1 aliphatic rings. The number of ether oxygens (including phenoxy) is 2. The fourth-order valence-corrected chi connectivity index (χ4v) is 3.60. The van der Waals surface area contributed by atoms with Gasteiger partial charge in [-0.05, 0) is 31.0 Å². The van der Waals surface area contributed by atoms with Crippen molar-refractivity contribution in [1.82, 2.24) is 14.9 Å². The van der Waals surface area contributed by atoms with Gasteiger partial charge >= 0.3 is 5.97 Å². The zero-order valence-electron chi connectivity index (χ0n) is 17.9. The molecule has 32 heavy (non-hydrogen) atoms. The molecule has 0 spiro atoms. The Balaban J connectivity index is 1.31. The van der Waals surface area contributed by atoms with E-state index in [-0.39, 0.29) is 37.6 Å². The smallest absolute Gasteiger partial charge is 0.306 e. The van der Waals surface area contributed by atoms with Gasteiger partial charge in [-0.25, -0.2) is 4.98 Å². The van der Waals surface area contributed by atoms with Gasteiger partial charge in [0.2, 0.25) is 0 Å². The third-order valence-corrected chi connectivity index (χ3v) is 5.38. The molecule has 0 saturated heterocycles. The van der Waals surface area contributed by atoms with Crippen LogP contribution < -0.4 is 15.6 Å². The number of esters is 1. The molecule has 1 aliphatic carbocycles. The topological polar surface area (TPSA) is 99.5 Å². The minimum atomic E-state index is -0.512. The van der Waals surface area contributed by atoms with Crippen molar-refractivity contribution in [3.05, 3.63) is 70.3 Å². The third kappa shape index (κ3) is 4.96. The minimum absolute atomic E-state index is 0.0390. The Hall–Kier alpha value is -3.68. The predicted molar refractivity (Wildman–Crippen MR) is 118 cm³/mol. The van der Waals surface area contributed by atoms with Crippen molar-refractivity contribution in [3.8, 4) is 5.75 Å². The van der Waals surface area contributed by atoms with E-state index in [4.69, 9.17) is 9.47 Å². The maximum atomic E-state index is 12.9. The van der Waals surface area contributed by atoms with E-state index in [1.165, 1.54) is 0 Å². The molecule has 3 aromatic rings. The number of methoxy groups -OCH3 is 1. The van der Waals surface area contributed by atoms with Crippen LogP contribution in [0.4, 0.5) is 0 Å². The first-order valence-corrected chi connectivity index (χ1v) is 10.6. The van der Waals surface area contributed by atoms with E-state index in [1.54, 1.807) is 23.8 Å². The second kappa shape index (κ2) is 9.64. The second-order valence-corrected chi connectivity index (χ2v) is 7.70. The zero-order chi connectivity index (χ0) is 22.5. The first-order chi connectivity index (χ1) is 15.6. The molecule has 4 rings (SSSR count). The number of rotatable bonds is 9. The summed E-state index contributed by atoms with van der Waals surface area (Å²) in [5.41, 5.74) is 1.38. The highest BCUT2D eigenvalue weighted by Crippen LogP contribution is 2.34. The number of nitrogens with one attached hydrogen (secondary N) is 1. The lowest BCUT2D eigenvalue weighted by molar-refractivity contribution is -0.148. The zero-order valence-corrected chi connectivity index (χ0v) is 17.9. The standard InChI is InChI=1S/C24H25N3O5/c1-31-20-9-5-2-6-16(20)14-25-22(28)15-32-23(29)13-12-21-26-19-8-4-3-7-18(19)24(30)27(21)17-10-11-17/h2-9,17H,10-15H2,1H3,(H,25,28). The van der Waals surface area contributed by atoms with Gasteiger partial charge in [-0.1, -0.05) is 30.3 Å². The van der Waals surface area contributed by atoms with Crippen molar-refractivity contribution < 1.29 is 19.1 Å². The maximum absolute atomic E-state index is 12.9. The van der Waals surface area contributed by atoms with Crippen molar-refractivity contribution in [1.29, 1.82) is 0 Å². The van der Waals surface area contributed by atoms with E-state index in [1.807, 2.05) is 36.4 Å². The summed E-state index contributed by atoms with van der Waals surface area (Å²) in [6.45, 7) is -0.0936. The van der Waals surface area contributed by atoms with Gasteiger partial charge in [0.15, 0.2) is 6.61 Å². The van der Waals surface area contributed by atoms with E-state index >= 15 is 0 Å². The molecule has 1 saturated carbocycles. The molecule has 0 unspecified atom stereocenters. The van der Waals surface area contributed by atoms with E-state index in [0.29, 0.717) is 22.5 Å². The Morgan fingerprint density at radius 1 is 1.12 bits per heavy atom. The summed E-state index contributed by atoms with van der Waals surface area (Å²) in [6, 6.07) is 14.7. The predicted octanol–water partition coefficient (Wildman–Crippen LogP) is 2.53. The highest BCUT2D eigenvalue weighted by molar-refractivity contribution is 5.80. The summed E-state index contributed by atoms with van der Waals surface area (Å²) < 4.78 is 12.1. The maximum Gasteiger partial charge on any atom is 0.306 e. The number of hydrogen-bond donors (Lipinski definition) is 1. The lowest BCUT2D eigenvalue weighted by Crippen LogP contribution is -2.29. The minimum Gasteiger partial charge on any atom is -0.496 e. The van der Waals surface area contributed by atoms with E-state index in [0.717, 1.165) is 18.4 Å². The normalized spacial score (nSPS) is 13.0. The molecule has 1 fully saturated rings. The lowest BCUT2D eigenvalue weighted by atomic mass is 10.2. The van der Waals surface area contributed by atoms with Crippen molar-refractivity contribution in [2.24, 2.45) is 0 Å². The van der Waals surface area contributed by atoms with Crippen LogP contribution in [0.1, 0.15) is 36.7 Å². The Kier molecular flexibility index (Phi) is 6.49. The number of benzene rings is 2. The molecule has 0 radical (unpaired) electrons. The monoisotopic (exact) mass is 435 g/mol. The van der Waals surface area contributed by atoms with E-state index in [2.05, 4.69) is 10.3 Å². The average Bonchev–Trinajstić information content (AvgIpc) is 3.65. The van der Waals surface area contributed by atoms with Gasteiger partial charge in [-0.15, -0.1) is 0 Å². The highest BCUT2D eigenvalue weighted by atomic mass is 16.5. The van der Waals surface area contributed by atoms with Crippen LogP contribution in [0.15, 0.2) is 53.3 Å². The van der Waals surface area contributed by atoms with Crippen molar-refractivity contribution in [2.75, 3.05) is 13.7 Å². The molecule has 8 nitrogen and oxygen atoms in total. The molecular weight excluding hydrogens is 410 g/mol. The molecule has 8 heteroatoms. The number of hydrogen-bond acceptors (Lipinski definition) is 6. The first-order valence-electron chi connectivity index (χ1n) is 10.6. The molecule has 0 bridgehead atoms. The van der Waals surface area contributed by atoms with Crippen LogP contribution in [0.5, 0.6) is 5.75 Å². The van der Waals surface area contributed by atoms with Crippen LogP contribution in [0, 0.1) is 0 Å². The van der Waals surface area contributed by atoms with Gasteiger partial charge in [-0.3, -0.25) is 19.0 Å². The summed E-state index contributed by atoms with van der Waals surface area (Å²) in [5, 5.41) is 3.29. The lowest BCUT2D eigenvalue weighted by Gasteiger charge is -2.13. The van der Waals surface area contributed by atoms with Crippen LogP contribution >= 0.6 is 0 Å². The number of aromatic nitrogens is 2. The second-order valence-electron chi connectivity index (χ2n) is 7.70. The number of para-hydroxylation sites is 2. The van der Waals surface area contributed by atoms with Crippen molar-refractivity contribution in [2.45, 2.75) is 38.3 Å². The Bertz CT molecular complexity index is 1200. The molecule has 166 valence electrons. The van der Waals surface area contributed by atoms with Gasteiger partial charge in [0.1, 0.15) is 11.6 Å².